The van der Waals surface area contributed by atoms with Crippen molar-refractivity contribution in [3.63, 3.8) is 0 Å². The maximum absolute atomic E-state index is 14.7. The van der Waals surface area contributed by atoms with Gasteiger partial charge < -0.3 is 47.8 Å². The quantitative estimate of drug-likeness (QED) is 0.217. The number of aliphatic hydroxyl groups excluding tert-OH is 1. The van der Waals surface area contributed by atoms with Crippen LogP contribution in [0.5, 0.6) is 0 Å². The Kier molecular flexibility index (Phi) is 8.62. The average Bonchev–Trinajstić information content (AvgIpc) is 3.74. The SMILES string of the molecule is CCC(OC(=O)C(C(=O)C(C)C)C1CCCC23OC4(C)OC12C(OCC(C)O)C1(O)C(OC(C)=O)C2(C)CC1(O4)C3(C)C2CC(C)=O)c1ccoc1. The molecule has 4 aliphatic carbocycles. The number of Topliss-reactive ketones (excluding diaryl/α,β-unsaturated/α-hetero) is 2. The first kappa shape index (κ1) is 37.6. The van der Waals surface area contributed by atoms with Gasteiger partial charge in [-0.15, -0.1) is 0 Å². The van der Waals surface area contributed by atoms with Gasteiger partial charge in [0.05, 0.1) is 25.2 Å². The number of aliphatic hydroxyl groups is 2. The molecule has 0 radical (unpaired) electrons. The fourth-order valence-electron chi connectivity index (χ4n) is 12.6. The highest BCUT2D eigenvalue weighted by Crippen LogP contribution is 2.88. The van der Waals surface area contributed by atoms with E-state index in [0.29, 0.717) is 24.8 Å². The third kappa shape index (κ3) is 4.38. The van der Waals surface area contributed by atoms with Crippen LogP contribution in [0.2, 0.25) is 0 Å². The molecule has 3 heterocycles. The van der Waals surface area contributed by atoms with Crippen molar-refractivity contribution in [2.45, 2.75) is 154 Å². The number of esters is 2. The highest BCUT2D eigenvalue weighted by atomic mass is 16.9. The van der Waals surface area contributed by atoms with Crippen LogP contribution in [0.4, 0.5) is 0 Å². The second-order valence-electron chi connectivity index (χ2n) is 17.3. The summed E-state index contributed by atoms with van der Waals surface area (Å²) in [6, 6.07) is 1.71. The van der Waals surface area contributed by atoms with Crippen LogP contribution in [0.3, 0.4) is 0 Å². The van der Waals surface area contributed by atoms with Gasteiger partial charge in [-0.1, -0.05) is 41.0 Å². The molecule has 6 fully saturated rings. The van der Waals surface area contributed by atoms with Crippen LogP contribution in [0.1, 0.15) is 113 Å². The molecular formula is C39H54O13. The van der Waals surface area contributed by atoms with E-state index in [-0.39, 0.29) is 37.4 Å². The van der Waals surface area contributed by atoms with Gasteiger partial charge in [0.25, 0.3) is 5.97 Å². The van der Waals surface area contributed by atoms with Gasteiger partial charge in [-0.3, -0.25) is 14.4 Å². The van der Waals surface area contributed by atoms with Gasteiger partial charge in [-0.25, -0.2) is 0 Å². The number of rotatable bonds is 13. The summed E-state index contributed by atoms with van der Waals surface area (Å²) in [6.07, 6.45) is 0.402. The Bertz CT molecular complexity index is 1640. The maximum Gasteiger partial charge on any atom is 0.317 e. The number of carbonyl (C=O) groups is 4. The van der Waals surface area contributed by atoms with E-state index in [1.165, 1.54) is 26.4 Å². The molecule has 2 N–H and O–H groups in total. The minimum Gasteiger partial charge on any atom is -0.472 e. The Morgan fingerprint density at radius 1 is 1.02 bits per heavy atom. The molecule has 2 spiro atoms. The molecule has 0 aromatic carbocycles. The zero-order valence-electron chi connectivity index (χ0n) is 31.7. The Labute approximate surface area is 304 Å². The predicted molar refractivity (Wildman–Crippen MR) is 180 cm³/mol. The second kappa shape index (κ2) is 11.9. The molecule has 13 heteroatoms. The summed E-state index contributed by atoms with van der Waals surface area (Å²) in [5.74, 6) is -7.27. The highest BCUT2D eigenvalue weighted by Gasteiger charge is 3.02. The van der Waals surface area contributed by atoms with Crippen molar-refractivity contribution in [3.8, 4) is 0 Å². The summed E-state index contributed by atoms with van der Waals surface area (Å²) in [5.41, 5.74) is -8.43. The van der Waals surface area contributed by atoms with E-state index in [4.69, 9.17) is 32.8 Å². The molecule has 13 nitrogen and oxygen atoms in total. The average molecular weight is 731 g/mol. The zero-order chi connectivity index (χ0) is 38.0. The Balaban J connectivity index is 1.51. The number of fused-ring (bicyclic) bond motifs is 2. The fourth-order valence-corrected chi connectivity index (χ4v) is 12.6. The van der Waals surface area contributed by atoms with Gasteiger partial charge in [-0.2, -0.15) is 0 Å². The second-order valence-corrected chi connectivity index (χ2v) is 17.3. The van der Waals surface area contributed by atoms with Crippen LogP contribution < -0.4 is 0 Å². The van der Waals surface area contributed by atoms with E-state index >= 15 is 0 Å². The van der Waals surface area contributed by atoms with Crippen molar-refractivity contribution in [1.29, 1.82) is 0 Å². The summed E-state index contributed by atoms with van der Waals surface area (Å²) in [6.45, 7) is 14.8. The van der Waals surface area contributed by atoms with Crippen molar-refractivity contribution in [1.82, 2.24) is 0 Å². The topological polar surface area (TPSA) is 177 Å². The molecule has 2 aliphatic heterocycles. The lowest BCUT2D eigenvalue weighted by Gasteiger charge is -2.76. The van der Waals surface area contributed by atoms with Gasteiger partial charge in [0.15, 0.2) is 5.60 Å². The summed E-state index contributed by atoms with van der Waals surface area (Å²) in [4.78, 5) is 55.5. The zero-order valence-corrected chi connectivity index (χ0v) is 31.7. The van der Waals surface area contributed by atoms with Crippen molar-refractivity contribution >= 4 is 23.5 Å². The Morgan fingerprint density at radius 3 is 2.29 bits per heavy atom. The molecule has 7 rings (SSSR count). The van der Waals surface area contributed by atoms with E-state index in [1.807, 2.05) is 20.8 Å². The van der Waals surface area contributed by atoms with Crippen LogP contribution in [0, 0.1) is 34.5 Å². The van der Waals surface area contributed by atoms with E-state index in [9.17, 15) is 29.4 Å². The van der Waals surface area contributed by atoms with Crippen molar-refractivity contribution in [2.75, 3.05) is 6.61 Å². The maximum atomic E-state index is 14.7. The summed E-state index contributed by atoms with van der Waals surface area (Å²) >= 11 is 0. The number of furan rings is 1. The molecule has 4 bridgehead atoms. The molecule has 288 valence electrons. The number of hydrogen-bond acceptors (Lipinski definition) is 13. The lowest BCUT2D eigenvalue weighted by molar-refractivity contribution is -0.477. The molecule has 1 aromatic rings. The first-order chi connectivity index (χ1) is 24.2. The third-order valence-electron chi connectivity index (χ3n) is 13.9. The van der Waals surface area contributed by atoms with Crippen LogP contribution >= 0.6 is 0 Å². The van der Waals surface area contributed by atoms with Crippen LogP contribution in [0.15, 0.2) is 23.0 Å². The van der Waals surface area contributed by atoms with Crippen molar-refractivity contribution in [2.24, 2.45) is 34.5 Å². The first-order valence-corrected chi connectivity index (χ1v) is 18.8. The van der Waals surface area contributed by atoms with Gasteiger partial charge in [-0.05, 0) is 51.5 Å². The largest absolute Gasteiger partial charge is 0.472 e. The van der Waals surface area contributed by atoms with E-state index in [2.05, 4.69) is 0 Å². The number of hydrogen-bond donors (Lipinski definition) is 2. The van der Waals surface area contributed by atoms with Crippen LogP contribution in [-0.2, 0) is 47.6 Å². The molecule has 0 amide bonds. The monoisotopic (exact) mass is 730 g/mol. The van der Waals surface area contributed by atoms with Gasteiger partial charge in [0.2, 0.25) is 0 Å². The van der Waals surface area contributed by atoms with Crippen molar-refractivity contribution in [3.05, 3.63) is 24.2 Å². The summed E-state index contributed by atoms with van der Waals surface area (Å²) in [7, 11) is 0. The number of ether oxygens (including phenoxy) is 6. The lowest BCUT2D eigenvalue weighted by atomic mass is 9.35. The molecule has 14 atom stereocenters. The lowest BCUT2D eigenvalue weighted by Crippen LogP contribution is -2.93. The van der Waals surface area contributed by atoms with Gasteiger partial charge in [0.1, 0.15) is 52.6 Å². The molecule has 4 saturated carbocycles. The highest BCUT2D eigenvalue weighted by molar-refractivity contribution is 6.00. The van der Waals surface area contributed by atoms with Crippen molar-refractivity contribution < 1.29 is 62.2 Å². The third-order valence-corrected chi connectivity index (χ3v) is 13.9. The van der Waals surface area contributed by atoms with Gasteiger partial charge >= 0.3 is 11.9 Å². The normalized spacial score (nSPS) is 45.4. The minimum atomic E-state index is -2.15. The molecule has 2 saturated heterocycles. The minimum absolute atomic E-state index is 0.0625. The molecule has 52 heavy (non-hydrogen) atoms. The van der Waals surface area contributed by atoms with E-state index in [0.717, 1.165) is 0 Å². The van der Waals surface area contributed by atoms with E-state index < -0.39 is 99.2 Å². The first-order valence-electron chi connectivity index (χ1n) is 18.8. The van der Waals surface area contributed by atoms with Gasteiger partial charge in [0, 0.05) is 48.5 Å². The Hall–Kier alpha value is -2.68. The smallest absolute Gasteiger partial charge is 0.317 e. The number of carbonyl (C=O) groups excluding carboxylic acids is 4. The van der Waals surface area contributed by atoms with Crippen LogP contribution in [-0.4, -0.2) is 87.0 Å². The molecule has 6 aliphatic rings. The number of ketones is 2. The fraction of sp³-hybridized carbons (Fsp3) is 0.795. The van der Waals surface area contributed by atoms with Crippen LogP contribution in [0.25, 0.3) is 0 Å². The molecular weight excluding hydrogens is 676 g/mol. The van der Waals surface area contributed by atoms with E-state index in [1.54, 1.807) is 33.8 Å². The molecule has 14 unspecified atom stereocenters. The summed E-state index contributed by atoms with van der Waals surface area (Å²) < 4.78 is 45.6. The standard InChI is InChI=1S/C39H54O13/c1-10-26(24-13-15-46-18-24)49-30(44)28(29(43)20(2)3)25-12-11-14-36-34(8)27(16-21(4)40)33(7)19-37(34)38(45,31(33)48-23(6)42)32(47-17-22(5)41)39(25,36)52-35(9,50-36)51-37/h13,15,18,20,22,25-28,31-32,41,45H,10-12,14,16-17,19H2,1-9H3. The Morgan fingerprint density at radius 2 is 1.71 bits per heavy atom. The molecule has 1 aromatic heterocycles. The summed E-state index contributed by atoms with van der Waals surface area (Å²) in [5, 5.41) is 24.4. The predicted octanol–water partition coefficient (Wildman–Crippen LogP) is 4.35.